The summed E-state index contributed by atoms with van der Waals surface area (Å²) in [6, 6.07) is 14.8. The molecule has 7 heteroatoms. The average molecular weight is 370 g/mol. The molecule has 1 aliphatic heterocycles. The molecule has 6 nitrogen and oxygen atoms in total. The van der Waals surface area contributed by atoms with Crippen molar-refractivity contribution in [3.05, 3.63) is 66.0 Å². The van der Waals surface area contributed by atoms with Crippen LogP contribution in [0.5, 0.6) is 0 Å². The number of benzene rings is 2. The van der Waals surface area contributed by atoms with Crippen molar-refractivity contribution in [1.82, 2.24) is 10.2 Å². The molecule has 3 rings (SSSR count). The van der Waals surface area contributed by atoms with E-state index in [9.17, 15) is 14.0 Å². The van der Waals surface area contributed by atoms with Crippen LogP contribution in [0.25, 0.3) is 0 Å². The molecule has 3 amide bonds. The van der Waals surface area contributed by atoms with Gasteiger partial charge in [0, 0.05) is 26.2 Å². The summed E-state index contributed by atoms with van der Waals surface area (Å²) in [5.41, 5.74) is 6.65. The summed E-state index contributed by atoms with van der Waals surface area (Å²) >= 11 is 0. The molecule has 1 aliphatic rings. The highest BCUT2D eigenvalue weighted by molar-refractivity contribution is 5.79. The molecule has 27 heavy (non-hydrogen) atoms. The van der Waals surface area contributed by atoms with Gasteiger partial charge in [-0.25, -0.2) is 9.18 Å². The number of rotatable bonds is 5. The van der Waals surface area contributed by atoms with Gasteiger partial charge in [-0.1, -0.05) is 42.5 Å². The zero-order valence-electron chi connectivity index (χ0n) is 15.0. The third-order valence-electron chi connectivity index (χ3n) is 4.72. The van der Waals surface area contributed by atoms with Crippen LogP contribution in [0.4, 0.5) is 14.9 Å². The van der Waals surface area contributed by atoms with Gasteiger partial charge in [0.1, 0.15) is 5.82 Å². The summed E-state index contributed by atoms with van der Waals surface area (Å²) in [6.07, 6.45) is 0.132. The minimum absolute atomic E-state index is 0.0641. The number of urea groups is 1. The summed E-state index contributed by atoms with van der Waals surface area (Å²) < 4.78 is 13.9. The second kappa shape index (κ2) is 8.53. The van der Waals surface area contributed by atoms with Crippen LogP contribution in [0, 0.1) is 5.82 Å². The van der Waals surface area contributed by atoms with E-state index in [1.54, 1.807) is 23.1 Å². The van der Waals surface area contributed by atoms with Crippen LogP contribution in [-0.4, -0.2) is 43.0 Å². The molecule has 1 atom stereocenters. The minimum atomic E-state index is -0.666. The number of anilines is 1. The number of hydrogen-bond donors (Lipinski definition) is 2. The van der Waals surface area contributed by atoms with Crippen molar-refractivity contribution in [3.63, 3.8) is 0 Å². The number of carbonyl (C=O) groups excluding carboxylic acids is 2. The molecule has 0 radical (unpaired) electrons. The fourth-order valence-electron chi connectivity index (χ4n) is 3.32. The Morgan fingerprint density at radius 2 is 1.63 bits per heavy atom. The monoisotopic (exact) mass is 370 g/mol. The summed E-state index contributed by atoms with van der Waals surface area (Å²) in [7, 11) is 0. The lowest BCUT2D eigenvalue weighted by Crippen LogP contribution is -2.49. The predicted octanol–water partition coefficient (Wildman–Crippen LogP) is 2.27. The molecule has 0 saturated carbocycles. The van der Waals surface area contributed by atoms with E-state index in [0.29, 0.717) is 31.9 Å². The van der Waals surface area contributed by atoms with Crippen molar-refractivity contribution in [3.8, 4) is 0 Å². The van der Waals surface area contributed by atoms with E-state index in [1.165, 1.54) is 6.07 Å². The molecule has 1 heterocycles. The zero-order chi connectivity index (χ0) is 19.2. The first-order valence-electron chi connectivity index (χ1n) is 8.93. The molecule has 0 aliphatic carbocycles. The number of nitrogens with one attached hydrogen (secondary N) is 1. The predicted molar refractivity (Wildman–Crippen MR) is 102 cm³/mol. The maximum absolute atomic E-state index is 13.9. The fourth-order valence-corrected chi connectivity index (χ4v) is 3.32. The number of nitrogens with two attached hydrogens (primary N) is 1. The van der Waals surface area contributed by atoms with Crippen LogP contribution in [0.3, 0.4) is 0 Å². The Morgan fingerprint density at radius 3 is 2.26 bits per heavy atom. The highest BCUT2D eigenvalue weighted by Gasteiger charge is 2.25. The van der Waals surface area contributed by atoms with Crippen LogP contribution >= 0.6 is 0 Å². The smallest absolute Gasteiger partial charge is 0.312 e. The minimum Gasteiger partial charge on any atom is -0.366 e. The highest BCUT2D eigenvalue weighted by atomic mass is 19.1. The maximum atomic E-state index is 13.9. The molecular weight excluding hydrogens is 347 g/mol. The van der Waals surface area contributed by atoms with Crippen molar-refractivity contribution in [2.45, 2.75) is 12.5 Å². The number of piperazine rings is 1. The van der Waals surface area contributed by atoms with Gasteiger partial charge in [0.2, 0.25) is 5.91 Å². The largest absolute Gasteiger partial charge is 0.366 e. The van der Waals surface area contributed by atoms with Crippen molar-refractivity contribution in [2.24, 2.45) is 5.73 Å². The van der Waals surface area contributed by atoms with E-state index < -0.39 is 12.1 Å². The summed E-state index contributed by atoms with van der Waals surface area (Å²) in [5, 5.41) is 2.64. The van der Waals surface area contributed by atoms with Gasteiger partial charge >= 0.3 is 6.03 Å². The van der Waals surface area contributed by atoms with Gasteiger partial charge in [-0.05, 0) is 17.7 Å². The number of amides is 3. The van der Waals surface area contributed by atoms with Gasteiger partial charge in [-0.2, -0.15) is 0 Å². The number of hydrogen-bond acceptors (Lipinski definition) is 3. The maximum Gasteiger partial charge on any atom is 0.312 e. The standard InChI is InChI=1S/C20H23FN4O2/c21-16-8-4-5-9-18(16)24-10-12-25(13-11-24)19(26)14-17(23-20(22)27)15-6-2-1-3-7-15/h1-9,17H,10-14H2,(H3,22,23,27)/t17-/m0/s1. The molecule has 2 aromatic rings. The van der Waals surface area contributed by atoms with E-state index in [1.807, 2.05) is 35.2 Å². The first-order valence-corrected chi connectivity index (χ1v) is 8.93. The van der Waals surface area contributed by atoms with Gasteiger partial charge < -0.3 is 20.9 Å². The Bertz CT molecular complexity index is 792. The van der Waals surface area contributed by atoms with Crippen molar-refractivity contribution in [2.75, 3.05) is 31.1 Å². The van der Waals surface area contributed by atoms with E-state index >= 15 is 0 Å². The lowest BCUT2D eigenvalue weighted by molar-refractivity contribution is -0.132. The van der Waals surface area contributed by atoms with Crippen LogP contribution < -0.4 is 16.0 Å². The molecule has 1 fully saturated rings. The van der Waals surface area contributed by atoms with E-state index in [0.717, 1.165) is 5.56 Å². The average Bonchev–Trinajstić information content (AvgIpc) is 2.68. The van der Waals surface area contributed by atoms with Gasteiger partial charge in [-0.3, -0.25) is 4.79 Å². The Balaban J connectivity index is 1.61. The fraction of sp³-hybridized carbons (Fsp3) is 0.300. The molecule has 2 aromatic carbocycles. The Kier molecular flexibility index (Phi) is 5.90. The Labute approximate surface area is 157 Å². The van der Waals surface area contributed by atoms with E-state index in [2.05, 4.69) is 5.32 Å². The third-order valence-corrected chi connectivity index (χ3v) is 4.72. The topological polar surface area (TPSA) is 78.7 Å². The molecule has 0 unspecified atom stereocenters. The Morgan fingerprint density at radius 1 is 1.00 bits per heavy atom. The van der Waals surface area contributed by atoms with Crippen LogP contribution in [0.15, 0.2) is 54.6 Å². The van der Waals surface area contributed by atoms with E-state index in [4.69, 9.17) is 5.73 Å². The second-order valence-electron chi connectivity index (χ2n) is 6.50. The Hall–Kier alpha value is -3.09. The van der Waals surface area contributed by atoms with Crippen LogP contribution in [-0.2, 0) is 4.79 Å². The number of para-hydroxylation sites is 1. The third kappa shape index (κ3) is 4.75. The molecule has 0 spiro atoms. The lowest BCUT2D eigenvalue weighted by atomic mass is 10.0. The molecule has 1 saturated heterocycles. The van der Waals surface area contributed by atoms with E-state index in [-0.39, 0.29) is 18.1 Å². The molecule has 0 bridgehead atoms. The summed E-state index contributed by atoms with van der Waals surface area (Å²) in [6.45, 7) is 2.13. The van der Waals surface area contributed by atoms with Crippen LogP contribution in [0.1, 0.15) is 18.0 Å². The molecule has 0 aromatic heterocycles. The van der Waals surface area contributed by atoms with Gasteiger partial charge in [0.05, 0.1) is 18.2 Å². The van der Waals surface area contributed by atoms with Crippen LogP contribution in [0.2, 0.25) is 0 Å². The number of carbonyl (C=O) groups is 2. The normalized spacial score (nSPS) is 15.3. The first-order chi connectivity index (χ1) is 13.0. The quantitative estimate of drug-likeness (QED) is 0.848. The lowest BCUT2D eigenvalue weighted by Gasteiger charge is -2.36. The van der Waals surface area contributed by atoms with Gasteiger partial charge in [0.25, 0.3) is 0 Å². The van der Waals surface area contributed by atoms with Crippen molar-refractivity contribution < 1.29 is 14.0 Å². The van der Waals surface area contributed by atoms with Crippen molar-refractivity contribution in [1.29, 1.82) is 0 Å². The summed E-state index contributed by atoms with van der Waals surface area (Å²) in [4.78, 5) is 27.7. The number of nitrogens with zero attached hydrogens (tertiary/aromatic N) is 2. The second-order valence-corrected chi connectivity index (χ2v) is 6.50. The van der Waals surface area contributed by atoms with Crippen molar-refractivity contribution >= 4 is 17.6 Å². The molecule has 142 valence electrons. The molecular formula is C20H23FN4O2. The SMILES string of the molecule is NC(=O)N[C@@H](CC(=O)N1CCN(c2ccccc2F)CC1)c1ccccc1. The highest BCUT2D eigenvalue weighted by Crippen LogP contribution is 2.22. The first kappa shape index (κ1) is 18.7. The number of primary amides is 1. The van der Waals surface area contributed by atoms with Gasteiger partial charge in [-0.15, -0.1) is 0 Å². The van der Waals surface area contributed by atoms with Gasteiger partial charge in [0.15, 0.2) is 0 Å². The summed E-state index contributed by atoms with van der Waals surface area (Å²) in [5.74, 6) is -0.321. The molecule has 3 N–H and O–H groups in total. The number of halogens is 1. The zero-order valence-corrected chi connectivity index (χ0v) is 15.0.